The Labute approximate surface area is 139 Å². The van der Waals surface area contributed by atoms with Gasteiger partial charge in [-0.1, -0.05) is 0 Å². The zero-order chi connectivity index (χ0) is 16.7. The van der Waals surface area contributed by atoms with Crippen molar-refractivity contribution < 1.29 is 18.0 Å². The Kier molecular flexibility index (Phi) is 4.18. The van der Waals surface area contributed by atoms with Gasteiger partial charge in [0.15, 0.2) is 11.6 Å². The molecular weight excluding hydrogens is 375 g/mol. The van der Waals surface area contributed by atoms with E-state index in [1.54, 1.807) is 17.9 Å². The van der Waals surface area contributed by atoms with Crippen LogP contribution in [-0.2, 0) is 18.4 Å². The quantitative estimate of drug-likeness (QED) is 0.758. The first-order valence-corrected chi connectivity index (χ1v) is 7.74. The summed E-state index contributed by atoms with van der Waals surface area (Å²) in [6.07, 6.45) is 1.63. The van der Waals surface area contributed by atoms with Crippen LogP contribution in [0, 0.1) is 17.5 Å². The lowest BCUT2D eigenvalue weighted by molar-refractivity contribution is -0.128. The predicted molar refractivity (Wildman–Crippen MR) is 80.0 cm³/mol. The molecule has 122 valence electrons. The highest BCUT2D eigenvalue weighted by Gasteiger charge is 2.34. The van der Waals surface area contributed by atoms with Crippen LogP contribution in [0.2, 0.25) is 0 Å². The van der Waals surface area contributed by atoms with Crippen molar-refractivity contribution in [1.29, 1.82) is 0 Å². The summed E-state index contributed by atoms with van der Waals surface area (Å²) in [7, 11) is 1.80. The van der Waals surface area contributed by atoms with Gasteiger partial charge in [-0.15, -0.1) is 0 Å². The standard InChI is InChI=1S/C15H13BrF3N3O/c1-21-7-20-15(16)12(21)6-22-5-8(2-13(22)23)10-3-9(17)4-11(18)14(10)19/h3-4,7-8H,2,5-6H2,1H3. The average Bonchev–Trinajstić information content (AvgIpc) is 3.00. The molecule has 0 N–H and O–H groups in total. The molecule has 1 aliphatic rings. The molecule has 1 aromatic carbocycles. The number of rotatable bonds is 3. The van der Waals surface area contributed by atoms with Crippen LogP contribution in [-0.4, -0.2) is 26.9 Å². The van der Waals surface area contributed by atoms with Crippen molar-refractivity contribution in [3.8, 4) is 0 Å². The van der Waals surface area contributed by atoms with Gasteiger partial charge in [0, 0.05) is 32.0 Å². The third kappa shape index (κ3) is 2.99. The molecule has 1 amide bonds. The minimum Gasteiger partial charge on any atom is -0.336 e. The fraction of sp³-hybridized carbons (Fsp3) is 0.333. The second kappa shape index (κ2) is 5.99. The van der Waals surface area contributed by atoms with Crippen LogP contribution in [0.15, 0.2) is 23.1 Å². The maximum Gasteiger partial charge on any atom is 0.223 e. The smallest absolute Gasteiger partial charge is 0.223 e. The molecule has 0 spiro atoms. The van der Waals surface area contributed by atoms with Crippen molar-refractivity contribution in [3.63, 3.8) is 0 Å². The number of carbonyl (C=O) groups is 1. The minimum atomic E-state index is -1.24. The molecule has 2 aromatic rings. The average molecular weight is 388 g/mol. The number of aromatic nitrogens is 2. The van der Waals surface area contributed by atoms with Crippen molar-refractivity contribution in [2.45, 2.75) is 18.9 Å². The number of hydrogen-bond acceptors (Lipinski definition) is 2. The van der Waals surface area contributed by atoms with Crippen molar-refractivity contribution >= 4 is 21.8 Å². The van der Waals surface area contributed by atoms with Crippen LogP contribution in [0.4, 0.5) is 13.2 Å². The molecule has 0 radical (unpaired) electrons. The Morgan fingerprint density at radius 1 is 1.35 bits per heavy atom. The van der Waals surface area contributed by atoms with E-state index in [1.165, 1.54) is 4.90 Å². The maximum atomic E-state index is 13.9. The SMILES string of the molecule is Cn1cnc(Br)c1CN1CC(c2cc(F)cc(F)c2F)CC1=O. The van der Waals surface area contributed by atoms with Crippen molar-refractivity contribution in [1.82, 2.24) is 14.5 Å². The lowest BCUT2D eigenvalue weighted by atomic mass is 9.97. The summed E-state index contributed by atoms with van der Waals surface area (Å²) >= 11 is 3.31. The highest BCUT2D eigenvalue weighted by atomic mass is 79.9. The molecule has 2 heterocycles. The maximum absolute atomic E-state index is 13.9. The van der Waals surface area contributed by atoms with Crippen LogP contribution >= 0.6 is 15.9 Å². The Morgan fingerprint density at radius 3 is 2.74 bits per heavy atom. The Balaban J connectivity index is 1.83. The number of hydrogen-bond donors (Lipinski definition) is 0. The molecule has 1 aromatic heterocycles. The van der Waals surface area contributed by atoms with Crippen LogP contribution in [0.1, 0.15) is 23.6 Å². The van der Waals surface area contributed by atoms with Crippen LogP contribution in [0.5, 0.6) is 0 Å². The molecule has 1 atom stereocenters. The summed E-state index contributed by atoms with van der Waals surface area (Å²) in [6, 6.07) is 1.46. The molecular formula is C15H13BrF3N3O. The number of carbonyl (C=O) groups excluding carboxylic acids is 1. The second-order valence-corrected chi connectivity index (χ2v) is 6.31. The lowest BCUT2D eigenvalue weighted by Crippen LogP contribution is -2.25. The second-order valence-electron chi connectivity index (χ2n) is 5.56. The topological polar surface area (TPSA) is 38.1 Å². The molecule has 8 heteroatoms. The number of imidazole rings is 1. The summed E-state index contributed by atoms with van der Waals surface area (Å²) in [4.78, 5) is 17.8. The van der Waals surface area contributed by atoms with Gasteiger partial charge < -0.3 is 9.47 Å². The van der Waals surface area contributed by atoms with E-state index in [-0.39, 0.29) is 24.4 Å². The van der Waals surface area contributed by atoms with Crippen molar-refractivity contribution in [2.75, 3.05) is 6.54 Å². The number of likely N-dealkylation sites (tertiary alicyclic amines) is 1. The Bertz CT molecular complexity index is 758. The summed E-state index contributed by atoms with van der Waals surface area (Å²) in [5, 5.41) is 0. The van der Waals surface area contributed by atoms with E-state index >= 15 is 0 Å². The van der Waals surface area contributed by atoms with Gasteiger partial charge in [0.05, 0.1) is 18.6 Å². The summed E-state index contributed by atoms with van der Waals surface area (Å²) in [5.41, 5.74) is 0.701. The number of halogens is 4. The lowest BCUT2D eigenvalue weighted by Gasteiger charge is -2.17. The Morgan fingerprint density at radius 2 is 2.09 bits per heavy atom. The normalized spacial score (nSPS) is 18.0. The van der Waals surface area contributed by atoms with Gasteiger partial charge in [-0.05, 0) is 27.6 Å². The van der Waals surface area contributed by atoms with E-state index in [1.807, 2.05) is 0 Å². The first kappa shape index (κ1) is 16.0. The van der Waals surface area contributed by atoms with Gasteiger partial charge >= 0.3 is 0 Å². The van der Waals surface area contributed by atoms with Gasteiger partial charge in [0.25, 0.3) is 0 Å². The molecule has 1 fully saturated rings. The molecule has 0 bridgehead atoms. The monoisotopic (exact) mass is 387 g/mol. The van der Waals surface area contributed by atoms with E-state index in [2.05, 4.69) is 20.9 Å². The van der Waals surface area contributed by atoms with Gasteiger partial charge in [0.1, 0.15) is 10.4 Å². The first-order chi connectivity index (χ1) is 10.9. The molecule has 1 aliphatic heterocycles. The highest BCUT2D eigenvalue weighted by molar-refractivity contribution is 9.10. The van der Waals surface area contributed by atoms with E-state index in [0.29, 0.717) is 17.2 Å². The number of aryl methyl sites for hydroxylation is 1. The van der Waals surface area contributed by atoms with Gasteiger partial charge in [0.2, 0.25) is 5.91 Å². The summed E-state index contributed by atoms with van der Waals surface area (Å²) in [5.74, 6) is -3.93. The van der Waals surface area contributed by atoms with E-state index in [0.717, 1.165) is 11.8 Å². The van der Waals surface area contributed by atoms with E-state index < -0.39 is 23.4 Å². The molecule has 4 nitrogen and oxygen atoms in total. The molecule has 0 saturated carbocycles. The minimum absolute atomic E-state index is 0.0231. The van der Waals surface area contributed by atoms with Gasteiger partial charge in [-0.2, -0.15) is 0 Å². The molecule has 1 saturated heterocycles. The van der Waals surface area contributed by atoms with Gasteiger partial charge in [-0.25, -0.2) is 18.2 Å². The number of nitrogens with zero attached hydrogens (tertiary/aromatic N) is 3. The molecule has 0 aliphatic carbocycles. The van der Waals surface area contributed by atoms with Crippen LogP contribution in [0.3, 0.4) is 0 Å². The largest absolute Gasteiger partial charge is 0.336 e. The zero-order valence-electron chi connectivity index (χ0n) is 12.2. The van der Waals surface area contributed by atoms with E-state index in [9.17, 15) is 18.0 Å². The van der Waals surface area contributed by atoms with E-state index in [4.69, 9.17) is 0 Å². The van der Waals surface area contributed by atoms with Gasteiger partial charge in [-0.3, -0.25) is 4.79 Å². The zero-order valence-corrected chi connectivity index (χ0v) is 13.8. The molecule has 23 heavy (non-hydrogen) atoms. The third-order valence-electron chi connectivity index (χ3n) is 4.02. The van der Waals surface area contributed by atoms with Crippen LogP contribution < -0.4 is 0 Å². The first-order valence-electron chi connectivity index (χ1n) is 6.94. The summed E-state index contributed by atoms with van der Waals surface area (Å²) < 4.78 is 43.0. The fourth-order valence-corrected chi connectivity index (χ4v) is 3.29. The molecule has 3 rings (SSSR count). The van der Waals surface area contributed by atoms with Crippen molar-refractivity contribution in [2.24, 2.45) is 7.05 Å². The summed E-state index contributed by atoms with van der Waals surface area (Å²) in [6.45, 7) is 0.502. The van der Waals surface area contributed by atoms with Crippen molar-refractivity contribution in [3.05, 3.63) is 51.8 Å². The molecule has 1 unspecified atom stereocenters. The number of amides is 1. The number of benzene rings is 1. The Hall–Kier alpha value is -1.83. The fourth-order valence-electron chi connectivity index (χ4n) is 2.79. The predicted octanol–water partition coefficient (Wildman–Crippen LogP) is 3.12. The van der Waals surface area contributed by atoms with Crippen LogP contribution in [0.25, 0.3) is 0 Å². The highest BCUT2D eigenvalue weighted by Crippen LogP contribution is 2.32. The third-order valence-corrected chi connectivity index (χ3v) is 4.69.